The maximum atomic E-state index is 3.49. The molecule has 0 radical (unpaired) electrons. The van der Waals surface area contributed by atoms with Gasteiger partial charge in [-0.15, -0.1) is 0 Å². The molecule has 0 amide bonds. The van der Waals surface area contributed by atoms with Gasteiger partial charge < -0.3 is 10.6 Å². The lowest BCUT2D eigenvalue weighted by molar-refractivity contribution is 0.612. The minimum absolute atomic E-state index is 0.580. The molecular weight excluding hydrogens is 412 g/mol. The summed E-state index contributed by atoms with van der Waals surface area (Å²) in [6, 6.07) is 42.1. The molecule has 176 valence electrons. The van der Waals surface area contributed by atoms with Crippen LogP contribution in [0.15, 0.2) is 121 Å². The highest BCUT2D eigenvalue weighted by molar-refractivity contribution is 5.43. The summed E-state index contributed by atoms with van der Waals surface area (Å²) in [5.74, 6) is 1.22. The first-order valence-corrected chi connectivity index (χ1v) is 12.4. The Labute approximate surface area is 206 Å². The number of hydrogen-bond donors (Lipinski definition) is 2. The molecule has 0 aromatic heterocycles. The lowest BCUT2D eigenvalue weighted by Gasteiger charge is -2.16. The fourth-order valence-electron chi connectivity index (χ4n) is 3.96. The summed E-state index contributed by atoms with van der Waals surface area (Å²) in [7, 11) is 0. The summed E-state index contributed by atoms with van der Waals surface area (Å²) in [5, 5.41) is 6.96. The molecule has 0 bridgehead atoms. The van der Waals surface area contributed by atoms with Crippen LogP contribution in [0, 0.1) is 5.92 Å². The molecule has 2 N–H and O–H groups in total. The molecule has 0 heterocycles. The van der Waals surface area contributed by atoms with Crippen LogP contribution in [0.1, 0.15) is 37.3 Å². The van der Waals surface area contributed by atoms with Crippen molar-refractivity contribution in [2.45, 2.75) is 32.6 Å². The van der Waals surface area contributed by atoms with Gasteiger partial charge in [-0.25, -0.2) is 0 Å². The lowest BCUT2D eigenvalue weighted by Crippen LogP contribution is -2.13. The molecule has 0 saturated carbocycles. The van der Waals surface area contributed by atoms with Crippen LogP contribution < -0.4 is 10.6 Å². The van der Waals surface area contributed by atoms with Crippen molar-refractivity contribution in [3.05, 3.63) is 132 Å². The van der Waals surface area contributed by atoms with Crippen LogP contribution in [-0.4, -0.2) is 13.1 Å². The summed E-state index contributed by atoms with van der Waals surface area (Å²) in [4.78, 5) is 0. The predicted molar refractivity (Wildman–Crippen MR) is 149 cm³/mol. The van der Waals surface area contributed by atoms with Gasteiger partial charge in [0.1, 0.15) is 0 Å². The van der Waals surface area contributed by atoms with E-state index in [1.807, 2.05) is 12.1 Å². The molecule has 2 unspecified atom stereocenters. The third-order valence-electron chi connectivity index (χ3n) is 5.95. The van der Waals surface area contributed by atoms with Crippen LogP contribution in [0.5, 0.6) is 0 Å². The molecule has 0 aliphatic carbocycles. The van der Waals surface area contributed by atoms with Crippen molar-refractivity contribution in [1.82, 2.24) is 0 Å². The standard InChI is InChI=1S/2C16H19N/c1-14(12-15-8-4-2-5-9-15)13-17-16-10-6-3-7-11-16;1-2-14(15-9-5-3-6-10-15)13-17-16-11-7-4-8-12-16/h2-11,14,17H,12-13H2,1H3;3-12,14,17H,2,13H2,1H3. The highest BCUT2D eigenvalue weighted by Crippen LogP contribution is 2.20. The molecule has 2 nitrogen and oxygen atoms in total. The number of benzene rings is 4. The maximum absolute atomic E-state index is 3.49. The molecule has 0 fully saturated rings. The van der Waals surface area contributed by atoms with Gasteiger partial charge >= 0.3 is 0 Å². The van der Waals surface area contributed by atoms with E-state index in [2.05, 4.69) is 134 Å². The van der Waals surface area contributed by atoms with Crippen molar-refractivity contribution >= 4 is 11.4 Å². The third kappa shape index (κ3) is 9.15. The maximum Gasteiger partial charge on any atom is 0.0340 e. The van der Waals surface area contributed by atoms with Gasteiger partial charge in [0.25, 0.3) is 0 Å². The second kappa shape index (κ2) is 14.6. The second-order valence-corrected chi connectivity index (χ2v) is 8.80. The molecular formula is C32H38N2. The Morgan fingerprint density at radius 2 is 1.00 bits per heavy atom. The lowest BCUT2D eigenvalue weighted by atomic mass is 9.96. The molecule has 2 atom stereocenters. The van der Waals surface area contributed by atoms with E-state index in [4.69, 9.17) is 0 Å². The molecule has 34 heavy (non-hydrogen) atoms. The zero-order valence-corrected chi connectivity index (χ0v) is 20.5. The van der Waals surface area contributed by atoms with Gasteiger partial charge in [0.2, 0.25) is 0 Å². The average molecular weight is 451 g/mol. The van der Waals surface area contributed by atoms with Crippen molar-refractivity contribution < 1.29 is 0 Å². The Morgan fingerprint density at radius 3 is 1.50 bits per heavy atom. The van der Waals surface area contributed by atoms with Gasteiger partial charge in [0.15, 0.2) is 0 Å². The molecule has 0 aliphatic rings. The topological polar surface area (TPSA) is 24.1 Å². The van der Waals surface area contributed by atoms with E-state index in [0.717, 1.165) is 25.9 Å². The van der Waals surface area contributed by atoms with E-state index in [1.54, 1.807) is 0 Å². The van der Waals surface area contributed by atoms with Gasteiger partial charge in [-0.1, -0.05) is 111 Å². The Kier molecular flexibility index (Phi) is 10.8. The van der Waals surface area contributed by atoms with Gasteiger partial charge in [0.05, 0.1) is 0 Å². The molecule has 0 aliphatic heterocycles. The zero-order valence-electron chi connectivity index (χ0n) is 20.5. The Balaban J connectivity index is 0.000000191. The highest BCUT2D eigenvalue weighted by Gasteiger charge is 2.08. The minimum atomic E-state index is 0.580. The van der Waals surface area contributed by atoms with E-state index in [0.29, 0.717) is 11.8 Å². The second-order valence-electron chi connectivity index (χ2n) is 8.80. The first-order chi connectivity index (χ1) is 16.7. The van der Waals surface area contributed by atoms with Crippen LogP contribution in [-0.2, 0) is 6.42 Å². The fraction of sp³-hybridized carbons (Fsp3) is 0.250. The van der Waals surface area contributed by atoms with Crippen LogP contribution in [0.4, 0.5) is 11.4 Å². The average Bonchev–Trinajstić information content (AvgIpc) is 2.91. The predicted octanol–water partition coefficient (Wildman–Crippen LogP) is 8.27. The molecule has 2 heteroatoms. The van der Waals surface area contributed by atoms with Crippen LogP contribution in [0.3, 0.4) is 0 Å². The first kappa shape index (κ1) is 25.1. The SMILES string of the molecule is CC(CNc1ccccc1)Cc1ccccc1.CCC(CNc1ccccc1)c1ccccc1. The summed E-state index contributed by atoms with van der Waals surface area (Å²) >= 11 is 0. The third-order valence-corrected chi connectivity index (χ3v) is 5.95. The van der Waals surface area contributed by atoms with Gasteiger partial charge in [0, 0.05) is 30.4 Å². The number of rotatable bonds is 10. The number of nitrogens with one attached hydrogen (secondary N) is 2. The van der Waals surface area contributed by atoms with E-state index in [-0.39, 0.29) is 0 Å². The summed E-state index contributed by atoms with van der Waals surface area (Å²) in [5.41, 5.74) is 5.22. The minimum Gasteiger partial charge on any atom is -0.385 e. The summed E-state index contributed by atoms with van der Waals surface area (Å²) in [6.45, 7) is 6.52. The smallest absolute Gasteiger partial charge is 0.0340 e. The quantitative estimate of drug-likeness (QED) is 0.254. The van der Waals surface area contributed by atoms with Crippen LogP contribution in [0.2, 0.25) is 0 Å². The van der Waals surface area contributed by atoms with Crippen LogP contribution in [0.25, 0.3) is 0 Å². The Morgan fingerprint density at radius 1 is 0.559 bits per heavy atom. The molecule has 0 spiro atoms. The Hall–Kier alpha value is -3.52. The largest absolute Gasteiger partial charge is 0.385 e. The highest BCUT2D eigenvalue weighted by atomic mass is 14.9. The zero-order chi connectivity index (χ0) is 23.8. The molecule has 4 aromatic carbocycles. The van der Waals surface area contributed by atoms with Crippen molar-refractivity contribution in [3.8, 4) is 0 Å². The van der Waals surface area contributed by atoms with Gasteiger partial charge in [-0.3, -0.25) is 0 Å². The Bertz CT molecular complexity index is 1020. The number of hydrogen-bond acceptors (Lipinski definition) is 2. The summed E-state index contributed by atoms with van der Waals surface area (Å²) in [6.07, 6.45) is 2.28. The monoisotopic (exact) mass is 450 g/mol. The van der Waals surface area contributed by atoms with E-state index in [1.165, 1.54) is 22.5 Å². The van der Waals surface area contributed by atoms with E-state index in [9.17, 15) is 0 Å². The first-order valence-electron chi connectivity index (χ1n) is 12.4. The van der Waals surface area contributed by atoms with Gasteiger partial charge in [-0.2, -0.15) is 0 Å². The molecule has 4 aromatic rings. The van der Waals surface area contributed by atoms with Crippen LogP contribution >= 0.6 is 0 Å². The number of anilines is 2. The van der Waals surface area contributed by atoms with Crippen molar-refractivity contribution in [2.24, 2.45) is 5.92 Å². The van der Waals surface area contributed by atoms with Crippen molar-refractivity contribution in [3.63, 3.8) is 0 Å². The number of para-hydroxylation sites is 2. The van der Waals surface area contributed by atoms with Gasteiger partial charge in [-0.05, 0) is 54.2 Å². The van der Waals surface area contributed by atoms with E-state index < -0.39 is 0 Å². The van der Waals surface area contributed by atoms with Crippen molar-refractivity contribution in [2.75, 3.05) is 23.7 Å². The molecule has 0 saturated heterocycles. The van der Waals surface area contributed by atoms with Crippen molar-refractivity contribution in [1.29, 1.82) is 0 Å². The molecule has 4 rings (SSSR count). The van der Waals surface area contributed by atoms with E-state index >= 15 is 0 Å². The summed E-state index contributed by atoms with van der Waals surface area (Å²) < 4.78 is 0. The fourth-order valence-corrected chi connectivity index (χ4v) is 3.96. The normalized spacial score (nSPS) is 12.1.